The minimum atomic E-state index is 0.155. The number of aromatic amines is 1. The molecule has 158 valence electrons. The van der Waals surface area contributed by atoms with Crippen molar-refractivity contribution in [3.8, 4) is 28.5 Å². The van der Waals surface area contributed by atoms with Crippen LogP contribution in [0.25, 0.3) is 28.5 Å². The molecule has 4 aromatic heterocycles. The summed E-state index contributed by atoms with van der Waals surface area (Å²) >= 11 is 1.55. The second-order valence-electron chi connectivity index (χ2n) is 8.15. The third-order valence-corrected chi connectivity index (χ3v) is 6.98. The molecule has 1 aliphatic heterocycles. The van der Waals surface area contributed by atoms with Gasteiger partial charge in [-0.1, -0.05) is 19.8 Å². The molecule has 1 unspecified atom stereocenters. The molecule has 0 bridgehead atoms. The van der Waals surface area contributed by atoms with E-state index in [2.05, 4.69) is 41.8 Å². The maximum atomic E-state index is 5.12. The lowest BCUT2D eigenvalue weighted by Gasteiger charge is -2.41. The normalized spacial score (nSPS) is 18.4. The van der Waals surface area contributed by atoms with Crippen LogP contribution in [0.3, 0.4) is 0 Å². The zero-order chi connectivity index (χ0) is 20.9. The maximum absolute atomic E-state index is 5.12. The van der Waals surface area contributed by atoms with Gasteiger partial charge >= 0.3 is 0 Å². The number of anilines is 1. The molecular formula is C21H23N9S. The number of hydrogen-bond donors (Lipinski definition) is 1. The lowest BCUT2D eigenvalue weighted by molar-refractivity contribution is 0.468. The fourth-order valence-electron chi connectivity index (χ4n) is 4.98. The van der Waals surface area contributed by atoms with Gasteiger partial charge in [-0.25, -0.2) is 15.0 Å². The molecule has 6 rings (SSSR count). The van der Waals surface area contributed by atoms with Crippen molar-refractivity contribution in [2.24, 2.45) is 0 Å². The highest BCUT2D eigenvalue weighted by molar-refractivity contribution is 7.07. The van der Waals surface area contributed by atoms with Gasteiger partial charge in [0.2, 0.25) is 0 Å². The van der Waals surface area contributed by atoms with Crippen molar-refractivity contribution < 1.29 is 0 Å². The molecular weight excluding hydrogens is 410 g/mol. The predicted molar refractivity (Wildman–Crippen MR) is 118 cm³/mol. The minimum Gasteiger partial charge on any atom is -0.342 e. The summed E-state index contributed by atoms with van der Waals surface area (Å²) in [7, 11) is 0. The molecule has 0 spiro atoms. The van der Waals surface area contributed by atoms with Gasteiger partial charge in [-0.3, -0.25) is 9.67 Å². The first-order chi connectivity index (χ1) is 15.3. The highest BCUT2D eigenvalue weighted by Gasteiger charge is 2.39. The van der Waals surface area contributed by atoms with E-state index in [-0.39, 0.29) is 6.04 Å². The van der Waals surface area contributed by atoms with E-state index < -0.39 is 0 Å². The summed E-state index contributed by atoms with van der Waals surface area (Å²) in [6.45, 7) is 4.20. The topological polar surface area (TPSA) is 101 Å². The number of H-pyrrole nitrogens is 1. The number of thiazole rings is 1. The molecule has 1 saturated carbocycles. The van der Waals surface area contributed by atoms with E-state index in [1.807, 2.05) is 24.0 Å². The highest BCUT2D eigenvalue weighted by atomic mass is 32.1. The molecule has 0 saturated heterocycles. The second-order valence-corrected chi connectivity index (χ2v) is 8.86. The van der Waals surface area contributed by atoms with Crippen molar-refractivity contribution in [3.05, 3.63) is 34.9 Å². The highest BCUT2D eigenvalue weighted by Crippen LogP contribution is 2.43. The molecule has 1 atom stereocenters. The van der Waals surface area contributed by atoms with Crippen LogP contribution in [0.15, 0.2) is 23.3 Å². The number of nitrogens with one attached hydrogen (secondary N) is 1. The van der Waals surface area contributed by atoms with Crippen LogP contribution in [0.5, 0.6) is 0 Å². The Morgan fingerprint density at radius 3 is 2.81 bits per heavy atom. The average molecular weight is 434 g/mol. The molecule has 2 aliphatic rings. The molecule has 31 heavy (non-hydrogen) atoms. The van der Waals surface area contributed by atoms with Gasteiger partial charge in [0.25, 0.3) is 0 Å². The molecule has 0 aromatic carbocycles. The number of aryl methyl sites for hydroxylation is 1. The molecule has 10 heteroatoms. The largest absolute Gasteiger partial charge is 0.342 e. The van der Waals surface area contributed by atoms with Gasteiger partial charge < -0.3 is 4.90 Å². The summed E-state index contributed by atoms with van der Waals surface area (Å²) in [5, 5.41) is 18.3. The Bertz CT molecular complexity index is 1220. The van der Waals surface area contributed by atoms with Gasteiger partial charge in [-0.15, -0.1) is 21.5 Å². The van der Waals surface area contributed by atoms with Crippen LogP contribution in [-0.2, 0) is 0 Å². The van der Waals surface area contributed by atoms with E-state index in [0.717, 1.165) is 46.5 Å². The quantitative estimate of drug-likeness (QED) is 0.517. The molecule has 0 amide bonds. The lowest BCUT2D eigenvalue weighted by atomic mass is 10.0. The van der Waals surface area contributed by atoms with Crippen LogP contribution in [-0.4, -0.2) is 46.0 Å². The van der Waals surface area contributed by atoms with E-state index in [1.54, 1.807) is 17.5 Å². The monoisotopic (exact) mass is 433 g/mol. The second kappa shape index (κ2) is 7.23. The van der Waals surface area contributed by atoms with Gasteiger partial charge in [-0.05, 0) is 26.2 Å². The van der Waals surface area contributed by atoms with Crippen molar-refractivity contribution in [3.63, 3.8) is 0 Å². The van der Waals surface area contributed by atoms with Gasteiger partial charge in [0, 0.05) is 11.4 Å². The fraction of sp³-hybridized carbons (Fsp3) is 0.429. The van der Waals surface area contributed by atoms with E-state index in [1.165, 1.54) is 25.7 Å². The summed E-state index contributed by atoms with van der Waals surface area (Å²) in [6, 6.07) is 0.612. The van der Waals surface area contributed by atoms with Crippen molar-refractivity contribution in [1.82, 2.24) is 39.9 Å². The summed E-state index contributed by atoms with van der Waals surface area (Å²) in [5.74, 6) is 3.47. The number of rotatable bonds is 4. The molecule has 9 nitrogen and oxygen atoms in total. The first-order valence-corrected chi connectivity index (χ1v) is 11.7. The van der Waals surface area contributed by atoms with Crippen LogP contribution < -0.4 is 4.90 Å². The van der Waals surface area contributed by atoms with Crippen LogP contribution in [0.4, 0.5) is 5.82 Å². The van der Waals surface area contributed by atoms with Crippen molar-refractivity contribution in [2.75, 3.05) is 4.90 Å². The Kier molecular flexibility index (Phi) is 4.34. The predicted octanol–water partition coefficient (Wildman–Crippen LogP) is 4.09. The van der Waals surface area contributed by atoms with Crippen LogP contribution in [0, 0.1) is 6.92 Å². The first-order valence-electron chi connectivity index (χ1n) is 10.8. The van der Waals surface area contributed by atoms with E-state index in [9.17, 15) is 0 Å². The number of nitrogens with zero attached hydrogens (tertiary/aromatic N) is 8. The Hall–Kier alpha value is -3.14. The smallest absolute Gasteiger partial charge is 0.165 e. The van der Waals surface area contributed by atoms with Gasteiger partial charge in [0.05, 0.1) is 40.9 Å². The van der Waals surface area contributed by atoms with E-state index >= 15 is 0 Å². The van der Waals surface area contributed by atoms with Crippen molar-refractivity contribution in [1.29, 1.82) is 0 Å². The van der Waals surface area contributed by atoms with Crippen LogP contribution >= 0.6 is 11.3 Å². The SMILES string of the molecule is CCC1c2nnc(C)n2-c2cnc(-c3cn[nH]c3-c3cscn3)nc2N1C1CCCC1. The molecule has 0 radical (unpaired) electrons. The molecule has 1 fully saturated rings. The molecule has 4 aromatic rings. The summed E-state index contributed by atoms with van der Waals surface area (Å²) in [5.41, 5.74) is 5.33. The van der Waals surface area contributed by atoms with Crippen molar-refractivity contribution in [2.45, 2.75) is 58.0 Å². The zero-order valence-electron chi connectivity index (χ0n) is 17.5. The molecule has 5 heterocycles. The van der Waals surface area contributed by atoms with E-state index in [0.29, 0.717) is 11.9 Å². The summed E-state index contributed by atoms with van der Waals surface area (Å²) < 4.78 is 2.12. The van der Waals surface area contributed by atoms with Gasteiger partial charge in [-0.2, -0.15) is 5.10 Å². The van der Waals surface area contributed by atoms with Gasteiger partial charge in [0.15, 0.2) is 17.5 Å². The number of aromatic nitrogens is 8. The lowest BCUT2D eigenvalue weighted by Crippen LogP contribution is -2.42. The van der Waals surface area contributed by atoms with E-state index in [4.69, 9.17) is 9.97 Å². The third kappa shape index (κ3) is 2.81. The van der Waals surface area contributed by atoms with Crippen LogP contribution in [0.2, 0.25) is 0 Å². The Balaban J connectivity index is 1.54. The maximum Gasteiger partial charge on any atom is 0.165 e. The number of hydrogen-bond acceptors (Lipinski definition) is 8. The fourth-order valence-corrected chi connectivity index (χ4v) is 5.53. The van der Waals surface area contributed by atoms with Gasteiger partial charge in [0.1, 0.15) is 11.5 Å². The Morgan fingerprint density at radius 1 is 1.16 bits per heavy atom. The van der Waals surface area contributed by atoms with Crippen LogP contribution in [0.1, 0.15) is 56.7 Å². The standard InChI is InChI=1S/C21H23N9S/c1-3-16-21-28-26-12(2)29(21)17-9-22-19(25-20(17)30(16)13-6-4-5-7-13)14-8-24-27-18(14)15-10-31-11-23-15/h8-11,13,16H,3-7H2,1-2H3,(H,24,27). The Labute approximate surface area is 183 Å². The average Bonchev–Trinajstić information content (AvgIpc) is 3.59. The first kappa shape index (κ1) is 18.6. The molecule has 1 aliphatic carbocycles. The number of fused-ring (bicyclic) bond motifs is 3. The summed E-state index contributed by atoms with van der Waals surface area (Å²) in [4.78, 5) is 16.8. The third-order valence-electron chi connectivity index (χ3n) is 6.39. The van der Waals surface area contributed by atoms with Crippen molar-refractivity contribution >= 4 is 17.2 Å². The zero-order valence-corrected chi connectivity index (χ0v) is 18.3. The molecule has 1 N–H and O–H groups in total. The minimum absolute atomic E-state index is 0.155. The summed E-state index contributed by atoms with van der Waals surface area (Å²) in [6.07, 6.45) is 9.51. The Morgan fingerprint density at radius 2 is 2.03 bits per heavy atom.